The number of ether oxygens (including phenoxy) is 1. The number of rotatable bonds is 3. The van der Waals surface area contributed by atoms with Crippen LogP contribution in [-0.4, -0.2) is 18.0 Å². The minimum Gasteiger partial charge on any atom is -0.495 e. The van der Waals surface area contributed by atoms with Crippen molar-refractivity contribution in [2.24, 2.45) is 0 Å². The van der Waals surface area contributed by atoms with Gasteiger partial charge in [0.25, 0.3) is 5.91 Å². The molecule has 0 atom stereocenters. The number of nitrogens with zero attached hydrogens (tertiary/aromatic N) is 2. The standard InChI is InChI=1S/C14H12N4O2/c1-20-13-5-3-10(16)6-12(13)18-14(19)11-4-2-9(7-15)8-17-11/h2-6,8H,16H2,1H3,(H,18,19). The van der Waals surface area contributed by atoms with Crippen LogP contribution in [-0.2, 0) is 0 Å². The monoisotopic (exact) mass is 268 g/mol. The van der Waals surface area contributed by atoms with Crippen molar-refractivity contribution >= 4 is 17.3 Å². The van der Waals surface area contributed by atoms with Crippen LogP contribution in [0.3, 0.4) is 0 Å². The van der Waals surface area contributed by atoms with Gasteiger partial charge in [-0.25, -0.2) is 4.98 Å². The second kappa shape index (κ2) is 5.71. The van der Waals surface area contributed by atoms with Gasteiger partial charge in [-0.1, -0.05) is 0 Å². The molecule has 6 nitrogen and oxygen atoms in total. The Bertz CT molecular complexity index is 675. The molecule has 0 saturated heterocycles. The molecule has 2 rings (SSSR count). The number of carbonyl (C=O) groups is 1. The van der Waals surface area contributed by atoms with Crippen molar-refractivity contribution in [3.8, 4) is 11.8 Å². The predicted octanol–water partition coefficient (Wildman–Crippen LogP) is 1.80. The molecule has 20 heavy (non-hydrogen) atoms. The van der Waals surface area contributed by atoms with E-state index in [0.29, 0.717) is 22.7 Å². The number of nitrogens with two attached hydrogens (primary N) is 1. The fraction of sp³-hybridized carbons (Fsp3) is 0.0714. The molecule has 2 aromatic rings. The van der Waals surface area contributed by atoms with Gasteiger partial charge in [0.1, 0.15) is 17.5 Å². The first kappa shape index (κ1) is 13.4. The first-order valence-corrected chi connectivity index (χ1v) is 5.75. The number of carbonyl (C=O) groups excluding carboxylic acids is 1. The van der Waals surface area contributed by atoms with E-state index in [0.717, 1.165) is 0 Å². The summed E-state index contributed by atoms with van der Waals surface area (Å²) in [5.41, 5.74) is 7.24. The fourth-order valence-corrected chi connectivity index (χ4v) is 1.60. The minimum absolute atomic E-state index is 0.202. The normalized spacial score (nSPS) is 9.60. The SMILES string of the molecule is COc1ccc(N)cc1NC(=O)c1ccc(C#N)cn1. The van der Waals surface area contributed by atoms with Crippen LogP contribution in [0.5, 0.6) is 5.75 Å². The van der Waals surface area contributed by atoms with Crippen molar-refractivity contribution in [3.05, 3.63) is 47.8 Å². The second-order valence-corrected chi connectivity index (χ2v) is 3.96. The molecule has 3 N–H and O–H groups in total. The molecule has 1 aromatic carbocycles. The Kier molecular flexibility index (Phi) is 3.82. The van der Waals surface area contributed by atoms with Crippen molar-refractivity contribution in [2.45, 2.75) is 0 Å². The summed E-state index contributed by atoms with van der Waals surface area (Å²) in [6.45, 7) is 0. The number of nitrogen functional groups attached to an aromatic ring is 1. The van der Waals surface area contributed by atoms with Gasteiger partial charge < -0.3 is 15.8 Å². The summed E-state index contributed by atoms with van der Waals surface area (Å²) < 4.78 is 5.14. The highest BCUT2D eigenvalue weighted by molar-refractivity contribution is 6.03. The first-order chi connectivity index (χ1) is 9.63. The number of aromatic nitrogens is 1. The van der Waals surface area contributed by atoms with E-state index in [2.05, 4.69) is 10.3 Å². The highest BCUT2D eigenvalue weighted by Gasteiger charge is 2.11. The Labute approximate surface area is 115 Å². The van der Waals surface area contributed by atoms with Crippen LogP contribution in [0.4, 0.5) is 11.4 Å². The molecule has 0 saturated carbocycles. The van der Waals surface area contributed by atoms with Gasteiger partial charge in [-0.3, -0.25) is 4.79 Å². The van der Waals surface area contributed by atoms with Crippen LogP contribution in [0.25, 0.3) is 0 Å². The largest absolute Gasteiger partial charge is 0.495 e. The van der Waals surface area contributed by atoms with Crippen LogP contribution in [0.1, 0.15) is 16.1 Å². The van der Waals surface area contributed by atoms with Crippen molar-refractivity contribution < 1.29 is 9.53 Å². The van der Waals surface area contributed by atoms with Gasteiger partial charge in [-0.15, -0.1) is 0 Å². The third kappa shape index (κ3) is 2.84. The number of methoxy groups -OCH3 is 1. The van der Waals surface area contributed by atoms with E-state index in [4.69, 9.17) is 15.7 Å². The Hall–Kier alpha value is -3.07. The van der Waals surface area contributed by atoms with E-state index in [1.165, 1.54) is 25.4 Å². The maximum absolute atomic E-state index is 12.0. The van der Waals surface area contributed by atoms with Gasteiger partial charge in [-0.2, -0.15) is 5.26 Å². The van der Waals surface area contributed by atoms with Crippen molar-refractivity contribution in [3.63, 3.8) is 0 Å². The molecule has 6 heteroatoms. The molecule has 0 fully saturated rings. The van der Waals surface area contributed by atoms with Crippen LogP contribution >= 0.6 is 0 Å². The smallest absolute Gasteiger partial charge is 0.274 e. The third-order valence-corrected chi connectivity index (χ3v) is 2.60. The summed E-state index contributed by atoms with van der Waals surface area (Å²) >= 11 is 0. The fourth-order valence-electron chi connectivity index (χ4n) is 1.60. The number of pyridine rings is 1. The van der Waals surface area contributed by atoms with Crippen LogP contribution in [0.2, 0.25) is 0 Å². The van der Waals surface area contributed by atoms with Crippen LogP contribution < -0.4 is 15.8 Å². The van der Waals surface area contributed by atoms with Crippen LogP contribution in [0, 0.1) is 11.3 Å². The van der Waals surface area contributed by atoms with E-state index in [9.17, 15) is 4.79 Å². The summed E-state index contributed by atoms with van der Waals surface area (Å²) in [7, 11) is 1.50. The van der Waals surface area contributed by atoms with E-state index in [-0.39, 0.29) is 5.69 Å². The Morgan fingerprint density at radius 3 is 2.80 bits per heavy atom. The molecular weight excluding hydrogens is 256 g/mol. The van der Waals surface area contributed by atoms with E-state index >= 15 is 0 Å². The zero-order valence-corrected chi connectivity index (χ0v) is 10.8. The summed E-state index contributed by atoms with van der Waals surface area (Å²) in [5, 5.41) is 11.3. The number of hydrogen-bond donors (Lipinski definition) is 2. The molecule has 1 aromatic heterocycles. The highest BCUT2D eigenvalue weighted by Crippen LogP contribution is 2.26. The number of anilines is 2. The van der Waals surface area contributed by atoms with E-state index in [1.807, 2.05) is 6.07 Å². The Morgan fingerprint density at radius 1 is 1.40 bits per heavy atom. The lowest BCUT2D eigenvalue weighted by Crippen LogP contribution is -2.14. The summed E-state index contributed by atoms with van der Waals surface area (Å²) in [5.74, 6) is 0.0968. The molecule has 0 unspecified atom stereocenters. The molecule has 1 heterocycles. The van der Waals surface area contributed by atoms with Gasteiger partial charge in [0.15, 0.2) is 0 Å². The Morgan fingerprint density at radius 2 is 2.20 bits per heavy atom. The van der Waals surface area contributed by atoms with Crippen molar-refractivity contribution in [1.29, 1.82) is 5.26 Å². The maximum Gasteiger partial charge on any atom is 0.274 e. The molecular formula is C14H12N4O2. The second-order valence-electron chi connectivity index (χ2n) is 3.96. The van der Waals surface area contributed by atoms with Gasteiger partial charge in [-0.05, 0) is 30.3 Å². The quantitative estimate of drug-likeness (QED) is 0.826. The molecule has 0 aliphatic carbocycles. The average Bonchev–Trinajstić information content (AvgIpc) is 2.47. The predicted molar refractivity (Wildman–Crippen MR) is 74.3 cm³/mol. The molecule has 0 radical (unpaired) electrons. The topological polar surface area (TPSA) is 101 Å². The summed E-state index contributed by atoms with van der Waals surface area (Å²) in [6, 6.07) is 9.88. The lowest BCUT2D eigenvalue weighted by Gasteiger charge is -2.10. The number of hydrogen-bond acceptors (Lipinski definition) is 5. The molecule has 0 aliphatic rings. The van der Waals surface area contributed by atoms with Crippen LogP contribution in [0.15, 0.2) is 36.5 Å². The van der Waals surface area contributed by atoms with Gasteiger partial charge in [0, 0.05) is 11.9 Å². The van der Waals surface area contributed by atoms with Gasteiger partial charge in [0.2, 0.25) is 0 Å². The minimum atomic E-state index is -0.404. The average molecular weight is 268 g/mol. The number of nitriles is 1. The lowest BCUT2D eigenvalue weighted by atomic mass is 10.2. The summed E-state index contributed by atoms with van der Waals surface area (Å²) in [6.07, 6.45) is 1.34. The number of nitrogens with one attached hydrogen (secondary N) is 1. The van der Waals surface area contributed by atoms with E-state index in [1.54, 1.807) is 18.2 Å². The summed E-state index contributed by atoms with van der Waals surface area (Å²) in [4.78, 5) is 16.0. The Balaban J connectivity index is 2.23. The molecule has 100 valence electrons. The lowest BCUT2D eigenvalue weighted by molar-refractivity contribution is 0.102. The zero-order chi connectivity index (χ0) is 14.5. The third-order valence-electron chi connectivity index (χ3n) is 2.60. The molecule has 1 amide bonds. The molecule has 0 aliphatic heterocycles. The van der Waals surface area contributed by atoms with E-state index < -0.39 is 5.91 Å². The zero-order valence-electron chi connectivity index (χ0n) is 10.8. The molecule has 0 spiro atoms. The number of benzene rings is 1. The van der Waals surface area contributed by atoms with Gasteiger partial charge >= 0.3 is 0 Å². The first-order valence-electron chi connectivity index (χ1n) is 5.75. The van der Waals surface area contributed by atoms with Crippen molar-refractivity contribution in [1.82, 2.24) is 4.98 Å². The maximum atomic E-state index is 12.0. The van der Waals surface area contributed by atoms with Crippen molar-refractivity contribution in [2.75, 3.05) is 18.2 Å². The number of amides is 1. The molecule has 0 bridgehead atoms. The highest BCUT2D eigenvalue weighted by atomic mass is 16.5. The van der Waals surface area contributed by atoms with Gasteiger partial charge in [0.05, 0.1) is 18.4 Å².